The van der Waals surface area contributed by atoms with Gasteiger partial charge in [0.1, 0.15) is 5.76 Å². The number of nitrogens with two attached hydrogens (primary N) is 1. The zero-order chi connectivity index (χ0) is 13.2. The van der Waals surface area contributed by atoms with Crippen LogP contribution in [0.3, 0.4) is 0 Å². The van der Waals surface area contributed by atoms with Crippen LogP contribution in [-0.2, 0) is 0 Å². The van der Waals surface area contributed by atoms with Gasteiger partial charge in [-0.05, 0) is 40.2 Å². The van der Waals surface area contributed by atoms with E-state index in [1.165, 1.54) is 0 Å². The first kappa shape index (κ1) is 12.2. The summed E-state index contributed by atoms with van der Waals surface area (Å²) in [6.45, 7) is 0. The molecular formula is C14H12BrN3O. The summed E-state index contributed by atoms with van der Waals surface area (Å²) in [4.78, 5) is 0. The van der Waals surface area contributed by atoms with Gasteiger partial charge >= 0.3 is 0 Å². The third-order valence-corrected chi connectivity index (χ3v) is 3.31. The third kappa shape index (κ3) is 2.47. The van der Waals surface area contributed by atoms with E-state index in [4.69, 9.17) is 10.2 Å². The van der Waals surface area contributed by atoms with Crippen molar-refractivity contribution in [2.45, 2.75) is 6.04 Å². The summed E-state index contributed by atoms with van der Waals surface area (Å²) >= 11 is 3.27. The third-order valence-electron chi connectivity index (χ3n) is 2.88. The molecule has 1 aromatic carbocycles. The van der Waals surface area contributed by atoms with Gasteiger partial charge in [0.15, 0.2) is 4.67 Å². The van der Waals surface area contributed by atoms with Crippen LogP contribution in [0.4, 0.5) is 0 Å². The first-order valence-corrected chi connectivity index (χ1v) is 6.64. The molecule has 1 atom stereocenters. The second-order valence-electron chi connectivity index (χ2n) is 4.17. The van der Waals surface area contributed by atoms with Gasteiger partial charge < -0.3 is 10.2 Å². The molecule has 0 amide bonds. The summed E-state index contributed by atoms with van der Waals surface area (Å²) in [5.74, 6) is 0.708. The summed E-state index contributed by atoms with van der Waals surface area (Å²) in [6.07, 6.45) is 3.67. The van der Waals surface area contributed by atoms with Gasteiger partial charge in [0.25, 0.3) is 0 Å². The molecule has 1 unspecified atom stereocenters. The van der Waals surface area contributed by atoms with Gasteiger partial charge in [-0.15, -0.1) is 0 Å². The molecule has 0 aliphatic carbocycles. The highest BCUT2D eigenvalue weighted by atomic mass is 79.9. The van der Waals surface area contributed by atoms with Crippen LogP contribution in [0.15, 0.2) is 63.9 Å². The Bertz CT molecular complexity index is 675. The van der Waals surface area contributed by atoms with E-state index in [0.29, 0.717) is 10.4 Å². The molecule has 0 saturated carbocycles. The molecule has 2 N–H and O–H groups in total. The fourth-order valence-corrected chi connectivity index (χ4v) is 2.20. The Labute approximate surface area is 119 Å². The number of halogens is 1. The molecule has 96 valence electrons. The zero-order valence-corrected chi connectivity index (χ0v) is 11.6. The van der Waals surface area contributed by atoms with E-state index in [1.54, 1.807) is 10.9 Å². The Morgan fingerprint density at radius 3 is 2.63 bits per heavy atom. The van der Waals surface area contributed by atoms with Crippen LogP contribution in [-0.4, -0.2) is 9.78 Å². The van der Waals surface area contributed by atoms with Crippen LogP contribution in [0, 0.1) is 0 Å². The Balaban J connectivity index is 1.89. The lowest BCUT2D eigenvalue weighted by Crippen LogP contribution is -2.09. The lowest BCUT2D eigenvalue weighted by molar-refractivity contribution is 0.470. The summed E-state index contributed by atoms with van der Waals surface area (Å²) in [7, 11) is 0. The van der Waals surface area contributed by atoms with Gasteiger partial charge in [0.05, 0.1) is 17.9 Å². The number of rotatable bonds is 3. The topological polar surface area (TPSA) is 57.0 Å². The van der Waals surface area contributed by atoms with Crippen molar-refractivity contribution in [1.29, 1.82) is 0 Å². The van der Waals surface area contributed by atoms with Crippen LogP contribution in [0.1, 0.15) is 17.4 Å². The van der Waals surface area contributed by atoms with E-state index in [0.717, 1.165) is 11.3 Å². The number of hydrogen-bond donors (Lipinski definition) is 1. The summed E-state index contributed by atoms with van der Waals surface area (Å²) in [6, 6.07) is 13.3. The lowest BCUT2D eigenvalue weighted by atomic mass is 10.1. The van der Waals surface area contributed by atoms with Crippen LogP contribution in [0.5, 0.6) is 0 Å². The van der Waals surface area contributed by atoms with E-state index >= 15 is 0 Å². The molecule has 3 aromatic rings. The van der Waals surface area contributed by atoms with Gasteiger partial charge in [0, 0.05) is 11.8 Å². The largest absolute Gasteiger partial charge is 0.452 e. The smallest absolute Gasteiger partial charge is 0.169 e. The van der Waals surface area contributed by atoms with Gasteiger partial charge in [-0.3, -0.25) is 0 Å². The minimum Gasteiger partial charge on any atom is -0.452 e. The number of aromatic nitrogens is 2. The van der Waals surface area contributed by atoms with Gasteiger partial charge in [-0.2, -0.15) is 5.10 Å². The fourth-order valence-electron chi connectivity index (χ4n) is 1.88. The number of nitrogens with zero attached hydrogens (tertiary/aromatic N) is 2. The SMILES string of the molecule is NC(c1cnn(-c2ccccc2)c1)c1ccc(Br)o1. The highest BCUT2D eigenvalue weighted by Crippen LogP contribution is 2.24. The van der Waals surface area contributed by atoms with Crippen LogP contribution >= 0.6 is 15.9 Å². The van der Waals surface area contributed by atoms with Gasteiger partial charge in [-0.25, -0.2) is 4.68 Å². The van der Waals surface area contributed by atoms with Crippen molar-refractivity contribution in [3.8, 4) is 5.69 Å². The lowest BCUT2D eigenvalue weighted by Gasteiger charge is -2.05. The Morgan fingerprint density at radius 2 is 1.95 bits per heavy atom. The first-order chi connectivity index (χ1) is 9.24. The van der Waals surface area contributed by atoms with Crippen molar-refractivity contribution >= 4 is 15.9 Å². The predicted molar refractivity (Wildman–Crippen MR) is 76.0 cm³/mol. The maximum absolute atomic E-state index is 6.15. The monoisotopic (exact) mass is 317 g/mol. The minimum absolute atomic E-state index is 0.316. The van der Waals surface area contributed by atoms with E-state index in [9.17, 15) is 0 Å². The quantitative estimate of drug-likeness (QED) is 0.806. The predicted octanol–water partition coefficient (Wildman–Crippen LogP) is 3.28. The molecule has 0 spiro atoms. The van der Waals surface area contributed by atoms with Crippen LogP contribution in [0.25, 0.3) is 5.69 Å². The van der Waals surface area contributed by atoms with Crippen LogP contribution in [0.2, 0.25) is 0 Å². The number of benzene rings is 1. The maximum atomic E-state index is 6.15. The normalized spacial score (nSPS) is 12.5. The molecule has 0 aliphatic rings. The standard InChI is InChI=1S/C14H12BrN3O/c15-13-7-6-12(19-13)14(16)10-8-17-18(9-10)11-4-2-1-3-5-11/h1-9,14H,16H2. The Morgan fingerprint density at radius 1 is 1.16 bits per heavy atom. The molecule has 0 fully saturated rings. The highest BCUT2D eigenvalue weighted by molar-refractivity contribution is 9.10. The van der Waals surface area contributed by atoms with Crippen molar-refractivity contribution in [2.24, 2.45) is 5.73 Å². The second kappa shape index (κ2) is 5.03. The average Bonchev–Trinajstić information content (AvgIpc) is 3.08. The molecule has 0 saturated heterocycles. The molecule has 2 aromatic heterocycles. The number of para-hydroxylation sites is 1. The fraction of sp³-hybridized carbons (Fsp3) is 0.0714. The average molecular weight is 318 g/mol. The van der Waals surface area contributed by atoms with E-state index in [1.807, 2.05) is 48.7 Å². The molecule has 5 heteroatoms. The molecule has 4 nitrogen and oxygen atoms in total. The Kier molecular flexibility index (Phi) is 3.23. The van der Waals surface area contributed by atoms with Crippen molar-refractivity contribution in [1.82, 2.24) is 9.78 Å². The molecular weight excluding hydrogens is 306 g/mol. The molecule has 3 rings (SSSR count). The second-order valence-corrected chi connectivity index (χ2v) is 4.95. The molecule has 0 radical (unpaired) electrons. The van der Waals surface area contributed by atoms with Crippen molar-refractivity contribution in [3.05, 3.63) is 70.9 Å². The van der Waals surface area contributed by atoms with Gasteiger partial charge in [-0.1, -0.05) is 18.2 Å². The molecule has 19 heavy (non-hydrogen) atoms. The minimum atomic E-state index is -0.316. The van der Waals surface area contributed by atoms with Crippen molar-refractivity contribution in [2.75, 3.05) is 0 Å². The summed E-state index contributed by atoms with van der Waals surface area (Å²) in [5.41, 5.74) is 8.06. The molecule has 0 bridgehead atoms. The van der Waals surface area contributed by atoms with Crippen molar-refractivity contribution in [3.63, 3.8) is 0 Å². The number of hydrogen-bond acceptors (Lipinski definition) is 3. The Hall–Kier alpha value is -1.85. The van der Waals surface area contributed by atoms with E-state index in [2.05, 4.69) is 21.0 Å². The molecule has 0 aliphatic heterocycles. The summed E-state index contributed by atoms with van der Waals surface area (Å²) in [5, 5.41) is 4.32. The van der Waals surface area contributed by atoms with E-state index < -0.39 is 0 Å². The van der Waals surface area contributed by atoms with E-state index in [-0.39, 0.29) is 6.04 Å². The maximum Gasteiger partial charge on any atom is 0.169 e. The van der Waals surface area contributed by atoms with Gasteiger partial charge in [0.2, 0.25) is 0 Å². The highest BCUT2D eigenvalue weighted by Gasteiger charge is 2.15. The first-order valence-electron chi connectivity index (χ1n) is 5.85. The number of furan rings is 1. The zero-order valence-electron chi connectivity index (χ0n) is 10.0. The summed E-state index contributed by atoms with van der Waals surface area (Å²) < 4.78 is 7.94. The van der Waals surface area contributed by atoms with Crippen molar-refractivity contribution < 1.29 is 4.42 Å². The van der Waals surface area contributed by atoms with Crippen LogP contribution < -0.4 is 5.73 Å². The molecule has 2 heterocycles.